The molecule has 0 radical (unpaired) electrons. The third kappa shape index (κ3) is 2.02. The quantitative estimate of drug-likeness (QED) is 0.928. The highest BCUT2D eigenvalue weighted by atomic mass is 79.9. The van der Waals surface area contributed by atoms with E-state index >= 15 is 0 Å². The van der Waals surface area contributed by atoms with Crippen molar-refractivity contribution in [3.63, 3.8) is 0 Å². The zero-order chi connectivity index (χ0) is 10.8. The molecule has 0 saturated heterocycles. The SMILES string of the molecule is O=C(O)CCc1ncc2c(Br)cccn12. The van der Waals surface area contributed by atoms with Gasteiger partial charge in [-0.2, -0.15) is 0 Å². The molecule has 0 atom stereocenters. The average molecular weight is 269 g/mol. The predicted octanol–water partition coefficient (Wildman–Crippen LogP) is 2.11. The van der Waals surface area contributed by atoms with Gasteiger partial charge in [0.15, 0.2) is 0 Å². The number of fused-ring (bicyclic) bond motifs is 1. The first kappa shape index (κ1) is 10.2. The second-order valence-corrected chi connectivity index (χ2v) is 4.03. The molecule has 2 aromatic heterocycles. The number of pyridine rings is 1. The number of carboxylic acid groups (broad SMARTS) is 1. The lowest BCUT2D eigenvalue weighted by Gasteiger charge is -2.00. The standard InChI is InChI=1S/C10H9BrN2O2/c11-7-2-1-5-13-8(7)6-12-9(13)3-4-10(14)15/h1-2,5-6H,3-4H2,(H,14,15). The van der Waals surface area contributed by atoms with Crippen LogP contribution in [0.2, 0.25) is 0 Å². The van der Waals surface area contributed by atoms with Gasteiger partial charge in [0.2, 0.25) is 0 Å². The molecule has 2 heterocycles. The van der Waals surface area contributed by atoms with Gasteiger partial charge < -0.3 is 9.51 Å². The second kappa shape index (κ2) is 4.02. The molecule has 0 unspecified atom stereocenters. The Morgan fingerprint density at radius 2 is 2.40 bits per heavy atom. The van der Waals surface area contributed by atoms with Gasteiger partial charge in [0.25, 0.3) is 0 Å². The summed E-state index contributed by atoms with van der Waals surface area (Å²) in [6.07, 6.45) is 4.16. The van der Waals surface area contributed by atoms with Crippen LogP contribution in [0.15, 0.2) is 29.0 Å². The molecule has 0 spiro atoms. The van der Waals surface area contributed by atoms with E-state index in [0.29, 0.717) is 6.42 Å². The summed E-state index contributed by atoms with van der Waals surface area (Å²) in [4.78, 5) is 14.6. The Labute approximate surface area is 94.7 Å². The summed E-state index contributed by atoms with van der Waals surface area (Å²) in [5, 5.41) is 8.59. The van der Waals surface area contributed by atoms with Crippen molar-refractivity contribution >= 4 is 27.4 Å². The van der Waals surface area contributed by atoms with Gasteiger partial charge in [-0.05, 0) is 28.1 Å². The number of nitrogens with zero attached hydrogens (tertiary/aromatic N) is 2. The van der Waals surface area contributed by atoms with Crippen LogP contribution in [0, 0.1) is 0 Å². The van der Waals surface area contributed by atoms with Gasteiger partial charge in [-0.1, -0.05) is 0 Å². The molecule has 0 saturated carbocycles. The third-order valence-electron chi connectivity index (χ3n) is 2.16. The molecule has 0 aliphatic carbocycles. The Morgan fingerprint density at radius 1 is 1.60 bits per heavy atom. The number of hydrogen-bond donors (Lipinski definition) is 1. The van der Waals surface area contributed by atoms with Crippen molar-refractivity contribution in [3.8, 4) is 0 Å². The highest BCUT2D eigenvalue weighted by Crippen LogP contribution is 2.18. The fourth-order valence-corrected chi connectivity index (χ4v) is 1.89. The number of rotatable bonds is 3. The maximum absolute atomic E-state index is 10.5. The molecule has 15 heavy (non-hydrogen) atoms. The Bertz CT molecular complexity index is 507. The molecule has 2 aromatic rings. The molecule has 1 N–H and O–H groups in total. The number of halogens is 1. The minimum absolute atomic E-state index is 0.103. The van der Waals surface area contributed by atoms with Crippen LogP contribution in [0.5, 0.6) is 0 Å². The second-order valence-electron chi connectivity index (χ2n) is 3.18. The highest BCUT2D eigenvalue weighted by molar-refractivity contribution is 9.10. The monoisotopic (exact) mass is 268 g/mol. The minimum Gasteiger partial charge on any atom is -0.481 e. The van der Waals surface area contributed by atoms with E-state index in [0.717, 1.165) is 15.8 Å². The number of carboxylic acids is 1. The van der Waals surface area contributed by atoms with E-state index < -0.39 is 5.97 Å². The fourth-order valence-electron chi connectivity index (χ4n) is 1.44. The summed E-state index contributed by atoms with van der Waals surface area (Å²) in [7, 11) is 0. The van der Waals surface area contributed by atoms with Gasteiger partial charge in [0, 0.05) is 17.1 Å². The van der Waals surface area contributed by atoms with E-state index in [2.05, 4.69) is 20.9 Å². The third-order valence-corrected chi connectivity index (χ3v) is 2.83. The number of aryl methyl sites for hydroxylation is 1. The van der Waals surface area contributed by atoms with Gasteiger partial charge in [0.05, 0.1) is 18.1 Å². The Hall–Kier alpha value is -1.36. The predicted molar refractivity (Wildman–Crippen MR) is 58.8 cm³/mol. The summed E-state index contributed by atoms with van der Waals surface area (Å²) >= 11 is 3.41. The topological polar surface area (TPSA) is 54.6 Å². The lowest BCUT2D eigenvalue weighted by molar-refractivity contribution is -0.137. The lowest BCUT2D eigenvalue weighted by atomic mass is 10.3. The zero-order valence-electron chi connectivity index (χ0n) is 7.85. The van der Waals surface area contributed by atoms with Crippen LogP contribution in [0.3, 0.4) is 0 Å². The van der Waals surface area contributed by atoms with Crippen molar-refractivity contribution in [3.05, 3.63) is 34.8 Å². The van der Waals surface area contributed by atoms with Gasteiger partial charge in [-0.15, -0.1) is 0 Å². The first-order valence-electron chi connectivity index (χ1n) is 4.51. The van der Waals surface area contributed by atoms with E-state index in [-0.39, 0.29) is 6.42 Å². The van der Waals surface area contributed by atoms with E-state index in [4.69, 9.17) is 5.11 Å². The fraction of sp³-hybridized carbons (Fsp3) is 0.200. The average Bonchev–Trinajstić information content (AvgIpc) is 2.59. The lowest BCUT2D eigenvalue weighted by Crippen LogP contribution is -2.01. The van der Waals surface area contributed by atoms with Crippen LogP contribution in [0.1, 0.15) is 12.2 Å². The van der Waals surface area contributed by atoms with Crippen molar-refractivity contribution in [2.24, 2.45) is 0 Å². The first-order chi connectivity index (χ1) is 7.18. The maximum Gasteiger partial charge on any atom is 0.303 e. The molecule has 4 nitrogen and oxygen atoms in total. The summed E-state index contributed by atoms with van der Waals surface area (Å²) in [5.74, 6) is -0.0320. The number of carbonyl (C=O) groups is 1. The van der Waals surface area contributed by atoms with Crippen LogP contribution in [0.25, 0.3) is 5.52 Å². The van der Waals surface area contributed by atoms with Crippen LogP contribution in [-0.2, 0) is 11.2 Å². The van der Waals surface area contributed by atoms with Gasteiger partial charge >= 0.3 is 5.97 Å². The molecule has 0 aliphatic heterocycles. The van der Waals surface area contributed by atoms with Crippen molar-refractivity contribution in [2.75, 3.05) is 0 Å². The van der Waals surface area contributed by atoms with Gasteiger partial charge in [-0.25, -0.2) is 4.98 Å². The molecule has 0 aliphatic rings. The molecule has 2 rings (SSSR count). The van der Waals surface area contributed by atoms with Crippen molar-refractivity contribution in [1.29, 1.82) is 0 Å². The number of aliphatic carboxylic acids is 1. The number of aromatic nitrogens is 2. The van der Waals surface area contributed by atoms with E-state index in [1.165, 1.54) is 0 Å². The molecule has 78 valence electrons. The van der Waals surface area contributed by atoms with Crippen LogP contribution in [0.4, 0.5) is 0 Å². The van der Waals surface area contributed by atoms with Crippen molar-refractivity contribution in [1.82, 2.24) is 9.38 Å². The summed E-state index contributed by atoms with van der Waals surface area (Å²) in [6, 6.07) is 3.82. The maximum atomic E-state index is 10.5. The molecule has 0 fully saturated rings. The Kier molecular flexibility index (Phi) is 2.73. The smallest absolute Gasteiger partial charge is 0.303 e. The van der Waals surface area contributed by atoms with Crippen molar-refractivity contribution < 1.29 is 9.90 Å². The number of imidazole rings is 1. The van der Waals surface area contributed by atoms with E-state index in [1.54, 1.807) is 6.20 Å². The van der Waals surface area contributed by atoms with Crippen LogP contribution in [-0.4, -0.2) is 20.5 Å². The first-order valence-corrected chi connectivity index (χ1v) is 5.30. The Balaban J connectivity index is 2.37. The summed E-state index contributed by atoms with van der Waals surface area (Å²) in [5.41, 5.74) is 0.956. The van der Waals surface area contributed by atoms with Crippen LogP contribution < -0.4 is 0 Å². The molecular weight excluding hydrogens is 260 g/mol. The van der Waals surface area contributed by atoms with Gasteiger partial charge in [0.1, 0.15) is 5.82 Å². The summed E-state index contributed by atoms with van der Waals surface area (Å²) in [6.45, 7) is 0. The molecule has 5 heteroatoms. The van der Waals surface area contributed by atoms with E-state index in [1.807, 2.05) is 22.7 Å². The molecular formula is C10H9BrN2O2. The zero-order valence-corrected chi connectivity index (χ0v) is 9.44. The largest absolute Gasteiger partial charge is 0.481 e. The number of hydrogen-bond acceptors (Lipinski definition) is 2. The summed E-state index contributed by atoms with van der Waals surface area (Å²) < 4.78 is 2.85. The van der Waals surface area contributed by atoms with Crippen molar-refractivity contribution in [2.45, 2.75) is 12.8 Å². The minimum atomic E-state index is -0.804. The molecule has 0 amide bonds. The molecule has 0 aromatic carbocycles. The normalized spacial score (nSPS) is 10.7. The molecule has 0 bridgehead atoms. The van der Waals surface area contributed by atoms with E-state index in [9.17, 15) is 4.79 Å². The highest BCUT2D eigenvalue weighted by Gasteiger charge is 2.07. The Morgan fingerprint density at radius 3 is 3.13 bits per heavy atom. The van der Waals surface area contributed by atoms with Gasteiger partial charge in [-0.3, -0.25) is 4.79 Å². The van der Waals surface area contributed by atoms with Crippen LogP contribution >= 0.6 is 15.9 Å².